The number of aromatic nitrogens is 2. The molecule has 1 atom stereocenters. The van der Waals surface area contributed by atoms with Crippen molar-refractivity contribution >= 4 is 5.91 Å². The van der Waals surface area contributed by atoms with Crippen LogP contribution in [0.4, 0.5) is 0 Å². The summed E-state index contributed by atoms with van der Waals surface area (Å²) in [7, 11) is 0. The average Bonchev–Trinajstić information content (AvgIpc) is 3.29. The zero-order valence-corrected chi connectivity index (χ0v) is 13.8. The maximum absolute atomic E-state index is 11.9. The number of carbonyl (C=O) groups excluding carboxylic acids is 1. The number of furan rings is 1. The lowest BCUT2D eigenvalue weighted by Crippen LogP contribution is -2.28. The number of benzene rings is 1. The molecular formula is C18H19N3O4. The number of carbonyl (C=O) groups is 1. The molecule has 0 saturated heterocycles. The summed E-state index contributed by atoms with van der Waals surface area (Å²) in [5, 5.41) is 16.7. The topological polar surface area (TPSA) is 101 Å². The fourth-order valence-electron chi connectivity index (χ4n) is 2.45. The van der Waals surface area contributed by atoms with Gasteiger partial charge in [-0.2, -0.15) is 4.98 Å². The maximum atomic E-state index is 11.9. The monoisotopic (exact) mass is 341 g/mol. The first-order valence-corrected chi connectivity index (χ1v) is 8.00. The van der Waals surface area contributed by atoms with Crippen LogP contribution in [0.25, 0.3) is 11.6 Å². The van der Waals surface area contributed by atoms with E-state index in [1.165, 1.54) is 6.26 Å². The molecule has 2 N–H and O–H groups in total. The highest BCUT2D eigenvalue weighted by Gasteiger charge is 2.14. The van der Waals surface area contributed by atoms with E-state index < -0.39 is 6.10 Å². The van der Waals surface area contributed by atoms with Gasteiger partial charge in [0.25, 0.3) is 0 Å². The van der Waals surface area contributed by atoms with Crippen LogP contribution in [0.5, 0.6) is 0 Å². The second kappa shape index (κ2) is 7.76. The number of rotatable bonds is 7. The zero-order valence-electron chi connectivity index (χ0n) is 13.8. The number of nitrogens with one attached hydrogen (secondary N) is 1. The van der Waals surface area contributed by atoms with Crippen LogP contribution < -0.4 is 5.32 Å². The van der Waals surface area contributed by atoms with Crippen LogP contribution in [0.2, 0.25) is 0 Å². The van der Waals surface area contributed by atoms with Crippen molar-refractivity contribution in [3.8, 4) is 11.6 Å². The van der Waals surface area contributed by atoms with Gasteiger partial charge in [-0.1, -0.05) is 29.4 Å². The van der Waals surface area contributed by atoms with Gasteiger partial charge in [-0.3, -0.25) is 4.79 Å². The molecule has 0 aliphatic heterocycles. The van der Waals surface area contributed by atoms with E-state index in [-0.39, 0.29) is 18.9 Å². The fourth-order valence-corrected chi connectivity index (χ4v) is 2.45. The highest BCUT2D eigenvalue weighted by Crippen LogP contribution is 2.17. The van der Waals surface area contributed by atoms with E-state index in [2.05, 4.69) is 15.5 Å². The Balaban J connectivity index is 1.46. The first kappa shape index (κ1) is 16.9. The summed E-state index contributed by atoms with van der Waals surface area (Å²) >= 11 is 0. The lowest BCUT2D eigenvalue weighted by Gasteiger charge is -2.14. The molecule has 0 fully saturated rings. The first-order chi connectivity index (χ1) is 12.1. The third-order valence-corrected chi connectivity index (χ3v) is 3.82. The molecule has 3 rings (SSSR count). The Morgan fingerprint density at radius 1 is 1.28 bits per heavy atom. The first-order valence-electron chi connectivity index (χ1n) is 8.00. The molecule has 3 aromatic rings. The highest BCUT2D eigenvalue weighted by atomic mass is 16.5. The SMILES string of the molecule is Cc1ccccc1C(O)CNC(=O)CCc1nc(-c2ccco2)no1. The smallest absolute Gasteiger partial charge is 0.238 e. The van der Waals surface area contributed by atoms with Crippen molar-refractivity contribution in [1.82, 2.24) is 15.5 Å². The molecule has 25 heavy (non-hydrogen) atoms. The van der Waals surface area contributed by atoms with Gasteiger partial charge < -0.3 is 19.4 Å². The summed E-state index contributed by atoms with van der Waals surface area (Å²) in [6.07, 6.45) is 1.30. The number of hydrogen-bond acceptors (Lipinski definition) is 6. The van der Waals surface area contributed by atoms with Crippen molar-refractivity contribution in [2.75, 3.05) is 6.54 Å². The molecule has 7 nitrogen and oxygen atoms in total. The molecule has 130 valence electrons. The lowest BCUT2D eigenvalue weighted by atomic mass is 10.0. The molecule has 7 heteroatoms. The Morgan fingerprint density at radius 3 is 2.88 bits per heavy atom. The van der Waals surface area contributed by atoms with Gasteiger partial charge in [0, 0.05) is 19.4 Å². The van der Waals surface area contributed by atoms with Crippen LogP contribution in [0, 0.1) is 6.92 Å². The molecule has 0 spiro atoms. The van der Waals surface area contributed by atoms with Gasteiger partial charge >= 0.3 is 0 Å². The molecule has 1 aromatic carbocycles. The van der Waals surface area contributed by atoms with Crippen molar-refractivity contribution in [2.24, 2.45) is 0 Å². The number of aliphatic hydroxyl groups excluding tert-OH is 1. The molecule has 2 heterocycles. The predicted molar refractivity (Wildman–Crippen MR) is 89.5 cm³/mol. The molecule has 0 saturated carbocycles. The average molecular weight is 341 g/mol. The molecule has 0 bridgehead atoms. The Bertz CT molecular complexity index is 826. The summed E-state index contributed by atoms with van der Waals surface area (Å²) in [6, 6.07) is 11.0. The molecule has 0 aliphatic rings. The van der Waals surface area contributed by atoms with E-state index in [0.29, 0.717) is 23.9 Å². The highest BCUT2D eigenvalue weighted by molar-refractivity contribution is 5.76. The number of amides is 1. The summed E-state index contributed by atoms with van der Waals surface area (Å²) in [4.78, 5) is 16.1. The quantitative estimate of drug-likeness (QED) is 0.684. The molecule has 1 amide bonds. The van der Waals surface area contributed by atoms with Gasteiger partial charge in [0.1, 0.15) is 0 Å². The standard InChI is InChI=1S/C18H19N3O4/c1-12-5-2-3-6-13(12)14(22)11-19-16(23)8-9-17-20-18(21-25-17)15-7-4-10-24-15/h2-7,10,14,22H,8-9,11H2,1H3,(H,19,23). The van der Waals surface area contributed by atoms with Gasteiger partial charge in [-0.05, 0) is 30.2 Å². The molecule has 2 aromatic heterocycles. The van der Waals surface area contributed by atoms with Crippen LogP contribution in [-0.4, -0.2) is 27.7 Å². The minimum Gasteiger partial charge on any atom is -0.461 e. The van der Waals surface area contributed by atoms with Gasteiger partial charge in [0.2, 0.25) is 17.6 Å². The van der Waals surface area contributed by atoms with E-state index in [0.717, 1.165) is 11.1 Å². The van der Waals surface area contributed by atoms with Crippen LogP contribution in [0.3, 0.4) is 0 Å². The number of nitrogens with zero attached hydrogens (tertiary/aromatic N) is 2. The van der Waals surface area contributed by atoms with Crippen molar-refractivity contribution < 1.29 is 18.8 Å². The van der Waals surface area contributed by atoms with E-state index in [4.69, 9.17) is 8.94 Å². The molecule has 1 unspecified atom stereocenters. The van der Waals surface area contributed by atoms with Gasteiger partial charge in [0.05, 0.1) is 12.4 Å². The van der Waals surface area contributed by atoms with Crippen LogP contribution in [0.1, 0.15) is 29.5 Å². The zero-order chi connectivity index (χ0) is 17.6. The minimum absolute atomic E-state index is 0.158. The Hall–Kier alpha value is -2.93. The maximum Gasteiger partial charge on any atom is 0.238 e. The minimum atomic E-state index is -0.737. The molecular weight excluding hydrogens is 322 g/mol. The number of aliphatic hydroxyl groups is 1. The van der Waals surface area contributed by atoms with E-state index in [9.17, 15) is 9.90 Å². The van der Waals surface area contributed by atoms with Gasteiger partial charge in [-0.25, -0.2) is 0 Å². The van der Waals surface area contributed by atoms with E-state index in [1.54, 1.807) is 12.1 Å². The van der Waals surface area contributed by atoms with Crippen molar-refractivity contribution in [3.63, 3.8) is 0 Å². The Labute approximate surface area is 144 Å². The second-order valence-electron chi connectivity index (χ2n) is 5.67. The summed E-state index contributed by atoms with van der Waals surface area (Å²) in [5.74, 6) is 1.04. The predicted octanol–water partition coefficient (Wildman–Crippen LogP) is 2.42. The summed E-state index contributed by atoms with van der Waals surface area (Å²) < 4.78 is 10.3. The molecule has 0 radical (unpaired) electrons. The Morgan fingerprint density at radius 2 is 2.12 bits per heavy atom. The fraction of sp³-hybridized carbons (Fsp3) is 0.278. The van der Waals surface area contributed by atoms with Crippen molar-refractivity contribution in [3.05, 3.63) is 59.7 Å². The van der Waals surface area contributed by atoms with Crippen LogP contribution in [-0.2, 0) is 11.2 Å². The van der Waals surface area contributed by atoms with Crippen molar-refractivity contribution in [2.45, 2.75) is 25.9 Å². The van der Waals surface area contributed by atoms with Crippen molar-refractivity contribution in [1.29, 1.82) is 0 Å². The third kappa shape index (κ3) is 4.33. The second-order valence-corrected chi connectivity index (χ2v) is 5.67. The lowest BCUT2D eigenvalue weighted by molar-refractivity contribution is -0.121. The summed E-state index contributed by atoms with van der Waals surface area (Å²) in [6.45, 7) is 2.08. The summed E-state index contributed by atoms with van der Waals surface area (Å²) in [5.41, 5.74) is 1.79. The van der Waals surface area contributed by atoms with Gasteiger partial charge in [0.15, 0.2) is 5.76 Å². The van der Waals surface area contributed by atoms with Crippen LogP contribution in [0.15, 0.2) is 51.6 Å². The van der Waals surface area contributed by atoms with Crippen LogP contribution >= 0.6 is 0 Å². The number of aryl methyl sites for hydroxylation is 2. The number of hydrogen-bond donors (Lipinski definition) is 2. The third-order valence-electron chi connectivity index (χ3n) is 3.82. The Kier molecular flexibility index (Phi) is 5.25. The van der Waals surface area contributed by atoms with Gasteiger partial charge in [-0.15, -0.1) is 0 Å². The van der Waals surface area contributed by atoms with E-state index in [1.807, 2.05) is 31.2 Å². The normalized spacial score (nSPS) is 12.1. The van der Waals surface area contributed by atoms with E-state index >= 15 is 0 Å². The molecule has 0 aliphatic carbocycles. The largest absolute Gasteiger partial charge is 0.461 e.